The van der Waals surface area contributed by atoms with Gasteiger partial charge in [-0.25, -0.2) is 9.67 Å². The number of aliphatic hydroxyl groups is 1. The van der Waals surface area contributed by atoms with Gasteiger partial charge in [0.25, 0.3) is 0 Å². The standard InChI is InChI=1S/C22H23BrN8O2S/c1-12-28-29-19(34-12)13-3-5-15(6-4-13)31-18-16(17(23)30-31)10-25-21(27-18)26-14-7-8-22(9-14,11-32)20(33)24-2/h3-6,10,14,32H,7-9,11H2,1-2H3,(H,24,33)(H,25,26,27)/t14-,22+/m1/s1. The summed E-state index contributed by atoms with van der Waals surface area (Å²) in [5, 5.41) is 31.3. The highest BCUT2D eigenvalue weighted by molar-refractivity contribution is 9.10. The molecule has 3 heterocycles. The number of carbonyl (C=O) groups excluding carboxylic acids is 1. The van der Waals surface area contributed by atoms with Crippen LogP contribution in [0.2, 0.25) is 0 Å². The van der Waals surface area contributed by atoms with Gasteiger partial charge in [-0.15, -0.1) is 10.2 Å². The molecule has 1 fully saturated rings. The zero-order valence-corrected chi connectivity index (χ0v) is 21.0. The molecule has 3 aromatic heterocycles. The minimum atomic E-state index is -0.769. The fourth-order valence-corrected chi connectivity index (χ4v) is 5.53. The first-order valence-corrected chi connectivity index (χ1v) is 12.5. The van der Waals surface area contributed by atoms with Crippen molar-refractivity contribution in [1.29, 1.82) is 0 Å². The van der Waals surface area contributed by atoms with Crippen LogP contribution >= 0.6 is 27.3 Å². The first kappa shape index (κ1) is 22.8. The second-order valence-corrected chi connectivity index (χ2v) is 10.3. The van der Waals surface area contributed by atoms with Crippen molar-refractivity contribution in [3.63, 3.8) is 0 Å². The largest absolute Gasteiger partial charge is 0.395 e. The summed E-state index contributed by atoms with van der Waals surface area (Å²) in [4.78, 5) is 21.5. The number of anilines is 1. The number of fused-ring (bicyclic) bond motifs is 1. The number of hydrogen-bond donors (Lipinski definition) is 3. The van der Waals surface area contributed by atoms with Crippen LogP contribution in [0.15, 0.2) is 35.1 Å². The number of carbonyl (C=O) groups is 1. The van der Waals surface area contributed by atoms with Crippen LogP contribution in [0.5, 0.6) is 0 Å². The van der Waals surface area contributed by atoms with Crippen molar-refractivity contribution in [1.82, 2.24) is 35.3 Å². The quantitative estimate of drug-likeness (QED) is 0.338. The zero-order chi connectivity index (χ0) is 23.9. The van der Waals surface area contributed by atoms with Gasteiger partial charge >= 0.3 is 0 Å². The van der Waals surface area contributed by atoms with Gasteiger partial charge in [-0.05, 0) is 66.4 Å². The van der Waals surface area contributed by atoms with Gasteiger partial charge in [0.05, 0.1) is 23.1 Å². The molecule has 1 saturated carbocycles. The maximum Gasteiger partial charge on any atom is 0.228 e. The summed E-state index contributed by atoms with van der Waals surface area (Å²) in [6.07, 6.45) is 3.58. The number of amides is 1. The van der Waals surface area contributed by atoms with E-state index in [1.54, 1.807) is 29.3 Å². The topological polar surface area (TPSA) is 131 Å². The molecule has 1 aromatic carbocycles. The maximum atomic E-state index is 12.3. The third-order valence-electron chi connectivity index (χ3n) is 6.22. The van der Waals surface area contributed by atoms with Crippen LogP contribution in [0.1, 0.15) is 24.3 Å². The molecule has 1 aliphatic carbocycles. The van der Waals surface area contributed by atoms with Crippen LogP contribution in [-0.4, -0.2) is 60.7 Å². The van der Waals surface area contributed by atoms with E-state index in [-0.39, 0.29) is 18.6 Å². The molecule has 1 aliphatic rings. The number of aromatic nitrogens is 6. The molecule has 4 aromatic rings. The minimum Gasteiger partial charge on any atom is -0.395 e. The molecule has 3 N–H and O–H groups in total. The smallest absolute Gasteiger partial charge is 0.228 e. The number of benzene rings is 1. The van der Waals surface area contributed by atoms with Gasteiger partial charge in [0.1, 0.15) is 14.6 Å². The Morgan fingerprint density at radius 3 is 2.79 bits per heavy atom. The van der Waals surface area contributed by atoms with E-state index in [2.05, 4.69) is 46.8 Å². The van der Waals surface area contributed by atoms with E-state index in [4.69, 9.17) is 4.98 Å². The third-order valence-corrected chi connectivity index (χ3v) is 7.69. The molecule has 0 radical (unpaired) electrons. The molecule has 0 unspecified atom stereocenters. The molecule has 2 atom stereocenters. The summed E-state index contributed by atoms with van der Waals surface area (Å²) in [6, 6.07) is 7.90. The molecule has 176 valence electrons. The van der Waals surface area contributed by atoms with E-state index in [1.807, 2.05) is 31.2 Å². The Morgan fingerprint density at radius 1 is 1.32 bits per heavy atom. The Balaban J connectivity index is 1.41. The lowest BCUT2D eigenvalue weighted by Crippen LogP contribution is -2.41. The second-order valence-electron chi connectivity index (χ2n) is 8.41. The molecular weight excluding hydrogens is 520 g/mol. The van der Waals surface area contributed by atoms with Crippen LogP contribution in [0.25, 0.3) is 27.3 Å². The van der Waals surface area contributed by atoms with Crippen molar-refractivity contribution in [2.75, 3.05) is 19.0 Å². The molecule has 0 saturated heterocycles. The predicted molar refractivity (Wildman–Crippen MR) is 133 cm³/mol. The molecule has 34 heavy (non-hydrogen) atoms. The van der Waals surface area contributed by atoms with E-state index >= 15 is 0 Å². The molecule has 10 nitrogen and oxygen atoms in total. The van der Waals surface area contributed by atoms with Crippen molar-refractivity contribution in [2.45, 2.75) is 32.2 Å². The SMILES string of the molecule is CNC(=O)[C@@]1(CO)CC[C@@H](Nc2ncc3c(Br)nn(-c4ccc(-c5nnc(C)s5)cc4)c3n2)C1. The van der Waals surface area contributed by atoms with Gasteiger partial charge < -0.3 is 15.7 Å². The van der Waals surface area contributed by atoms with E-state index in [9.17, 15) is 9.90 Å². The fourth-order valence-electron chi connectivity index (χ4n) is 4.40. The van der Waals surface area contributed by atoms with E-state index < -0.39 is 5.41 Å². The first-order chi connectivity index (χ1) is 16.4. The predicted octanol–water partition coefficient (Wildman–Crippen LogP) is 3.09. The second kappa shape index (κ2) is 9.01. The number of aliphatic hydroxyl groups excluding tert-OH is 1. The minimum absolute atomic E-state index is 0.0173. The fraction of sp³-hybridized carbons (Fsp3) is 0.364. The lowest BCUT2D eigenvalue weighted by molar-refractivity contribution is -0.132. The van der Waals surface area contributed by atoms with Gasteiger partial charge in [-0.3, -0.25) is 4.79 Å². The van der Waals surface area contributed by atoms with E-state index in [0.29, 0.717) is 29.0 Å². The number of rotatable bonds is 6. The number of nitrogens with zero attached hydrogens (tertiary/aromatic N) is 6. The molecule has 1 amide bonds. The van der Waals surface area contributed by atoms with Gasteiger partial charge in [0.15, 0.2) is 5.65 Å². The highest BCUT2D eigenvalue weighted by atomic mass is 79.9. The highest BCUT2D eigenvalue weighted by Gasteiger charge is 2.44. The van der Waals surface area contributed by atoms with Gasteiger partial charge in [-0.1, -0.05) is 11.3 Å². The summed E-state index contributed by atoms with van der Waals surface area (Å²) >= 11 is 5.06. The van der Waals surface area contributed by atoms with Crippen molar-refractivity contribution in [3.8, 4) is 16.3 Å². The third kappa shape index (κ3) is 4.05. The molecule has 0 aliphatic heterocycles. The number of nitrogens with one attached hydrogen (secondary N) is 2. The molecule has 5 rings (SSSR count). The first-order valence-electron chi connectivity index (χ1n) is 10.8. The molecule has 0 bridgehead atoms. The lowest BCUT2D eigenvalue weighted by Gasteiger charge is -2.24. The number of hydrogen-bond acceptors (Lipinski definition) is 9. The Morgan fingerprint density at radius 2 is 2.12 bits per heavy atom. The van der Waals surface area contributed by atoms with E-state index in [1.165, 1.54) is 0 Å². The van der Waals surface area contributed by atoms with Crippen molar-refractivity contribution in [3.05, 3.63) is 40.1 Å². The normalized spacial score (nSPS) is 20.1. The van der Waals surface area contributed by atoms with E-state index in [0.717, 1.165) is 33.1 Å². The Bertz CT molecular complexity index is 1350. The maximum absolute atomic E-state index is 12.3. The summed E-state index contributed by atoms with van der Waals surface area (Å²) in [5.41, 5.74) is 1.73. The molecule has 12 heteroatoms. The number of aryl methyl sites for hydroxylation is 1. The van der Waals surface area contributed by atoms with Crippen LogP contribution in [0.3, 0.4) is 0 Å². The van der Waals surface area contributed by atoms with Gasteiger partial charge in [0, 0.05) is 24.8 Å². The zero-order valence-electron chi connectivity index (χ0n) is 18.6. The average Bonchev–Trinajstić information content (AvgIpc) is 3.56. The van der Waals surface area contributed by atoms with Crippen LogP contribution in [0.4, 0.5) is 5.95 Å². The van der Waals surface area contributed by atoms with Crippen LogP contribution in [-0.2, 0) is 4.79 Å². The van der Waals surface area contributed by atoms with Crippen LogP contribution < -0.4 is 10.6 Å². The summed E-state index contributed by atoms with van der Waals surface area (Å²) in [5.74, 6) is 0.322. The van der Waals surface area contributed by atoms with Crippen molar-refractivity contribution < 1.29 is 9.90 Å². The Kier molecular flexibility index (Phi) is 6.04. The average molecular weight is 543 g/mol. The monoisotopic (exact) mass is 542 g/mol. The molecule has 0 spiro atoms. The summed E-state index contributed by atoms with van der Waals surface area (Å²) in [7, 11) is 1.60. The van der Waals surface area contributed by atoms with Crippen molar-refractivity contribution in [2.24, 2.45) is 5.41 Å². The lowest BCUT2D eigenvalue weighted by atomic mass is 9.86. The highest BCUT2D eigenvalue weighted by Crippen LogP contribution is 2.39. The Hall–Kier alpha value is -2.96. The summed E-state index contributed by atoms with van der Waals surface area (Å²) in [6.45, 7) is 1.75. The Labute approximate surface area is 208 Å². The van der Waals surface area contributed by atoms with Gasteiger partial charge in [0.2, 0.25) is 11.9 Å². The van der Waals surface area contributed by atoms with Crippen molar-refractivity contribution >= 4 is 50.2 Å². The molecular formula is C22H23BrN8O2S. The number of halogens is 1. The van der Waals surface area contributed by atoms with Gasteiger partial charge in [-0.2, -0.15) is 10.1 Å². The van der Waals surface area contributed by atoms with Crippen LogP contribution in [0, 0.1) is 12.3 Å². The summed E-state index contributed by atoms with van der Waals surface area (Å²) < 4.78 is 2.41.